The van der Waals surface area contributed by atoms with Gasteiger partial charge in [0, 0.05) is 39.3 Å². The maximum atomic E-state index is 13.1. The largest absolute Gasteiger partial charge is 0.304 e. The smallest absolute Gasteiger partial charge is 0.267 e. The molecule has 28 heavy (non-hydrogen) atoms. The van der Waals surface area contributed by atoms with Gasteiger partial charge in [-0.25, -0.2) is 13.4 Å². The average Bonchev–Trinajstić information content (AvgIpc) is 2.63. The molecule has 3 rings (SSSR count). The van der Waals surface area contributed by atoms with Gasteiger partial charge < -0.3 is 4.90 Å². The van der Waals surface area contributed by atoms with Gasteiger partial charge in [-0.15, -0.1) is 0 Å². The van der Waals surface area contributed by atoms with Gasteiger partial charge in [0.15, 0.2) is 0 Å². The number of benzene rings is 1. The summed E-state index contributed by atoms with van der Waals surface area (Å²) in [5.74, 6) is 0.239. The Morgan fingerprint density at radius 2 is 1.71 bits per heavy atom. The SMILES string of the molecule is C[C@H]1C[C@H](C)CN(S(=O)(=O)c2ccc(Cl)c(C(=O)NN3CCN(C)CC3)c2)C1. The number of hydrazine groups is 1. The highest BCUT2D eigenvalue weighted by Gasteiger charge is 2.32. The van der Waals surface area contributed by atoms with Gasteiger partial charge >= 0.3 is 0 Å². The van der Waals surface area contributed by atoms with E-state index in [1.54, 1.807) is 0 Å². The zero-order valence-electron chi connectivity index (χ0n) is 16.7. The Balaban J connectivity index is 1.79. The van der Waals surface area contributed by atoms with Gasteiger partial charge in [-0.2, -0.15) is 4.31 Å². The summed E-state index contributed by atoms with van der Waals surface area (Å²) in [5.41, 5.74) is 3.02. The van der Waals surface area contributed by atoms with E-state index in [1.807, 2.05) is 12.1 Å². The summed E-state index contributed by atoms with van der Waals surface area (Å²) in [6.45, 7) is 8.25. The Kier molecular flexibility index (Phi) is 6.66. The van der Waals surface area contributed by atoms with Crippen LogP contribution in [0.15, 0.2) is 23.1 Å². The minimum Gasteiger partial charge on any atom is -0.304 e. The molecule has 1 N–H and O–H groups in total. The van der Waals surface area contributed by atoms with Crippen molar-refractivity contribution >= 4 is 27.5 Å². The second kappa shape index (κ2) is 8.67. The van der Waals surface area contributed by atoms with Gasteiger partial charge in [0.1, 0.15) is 0 Å². The summed E-state index contributed by atoms with van der Waals surface area (Å²) >= 11 is 6.22. The molecule has 0 bridgehead atoms. The molecule has 2 fully saturated rings. The van der Waals surface area contributed by atoms with Crippen LogP contribution in [0, 0.1) is 11.8 Å². The number of piperidine rings is 1. The van der Waals surface area contributed by atoms with Gasteiger partial charge in [-0.1, -0.05) is 25.4 Å². The molecule has 1 aromatic carbocycles. The number of hydrogen-bond donors (Lipinski definition) is 1. The fraction of sp³-hybridized carbons (Fsp3) is 0.632. The molecule has 0 spiro atoms. The highest BCUT2D eigenvalue weighted by atomic mass is 35.5. The van der Waals surface area contributed by atoms with E-state index in [1.165, 1.54) is 22.5 Å². The Bertz CT molecular complexity index is 814. The maximum Gasteiger partial charge on any atom is 0.267 e. The van der Waals surface area contributed by atoms with Crippen molar-refractivity contribution in [1.82, 2.24) is 19.6 Å². The van der Waals surface area contributed by atoms with Crippen molar-refractivity contribution < 1.29 is 13.2 Å². The molecule has 2 heterocycles. The van der Waals surface area contributed by atoms with Crippen LogP contribution in [-0.2, 0) is 10.0 Å². The van der Waals surface area contributed by atoms with Gasteiger partial charge in [0.25, 0.3) is 5.91 Å². The highest BCUT2D eigenvalue weighted by molar-refractivity contribution is 7.89. The number of sulfonamides is 1. The van der Waals surface area contributed by atoms with E-state index in [0.29, 0.717) is 38.0 Å². The number of nitrogens with one attached hydrogen (secondary N) is 1. The van der Waals surface area contributed by atoms with Crippen LogP contribution < -0.4 is 5.43 Å². The molecule has 1 aromatic rings. The van der Waals surface area contributed by atoms with Crippen molar-refractivity contribution in [2.45, 2.75) is 25.2 Å². The van der Waals surface area contributed by atoms with Crippen LogP contribution in [0.2, 0.25) is 5.02 Å². The Hall–Kier alpha value is -1.19. The highest BCUT2D eigenvalue weighted by Crippen LogP contribution is 2.28. The Morgan fingerprint density at radius 3 is 2.32 bits per heavy atom. The summed E-state index contributed by atoms with van der Waals surface area (Å²) < 4.78 is 27.8. The van der Waals surface area contributed by atoms with Crippen LogP contribution >= 0.6 is 11.6 Å². The zero-order chi connectivity index (χ0) is 20.5. The molecule has 0 aromatic heterocycles. The number of carbonyl (C=O) groups excluding carboxylic acids is 1. The third-order valence-electron chi connectivity index (χ3n) is 5.42. The quantitative estimate of drug-likeness (QED) is 0.792. The Morgan fingerprint density at radius 1 is 1.11 bits per heavy atom. The molecule has 0 radical (unpaired) electrons. The predicted octanol–water partition coefficient (Wildman–Crippen LogP) is 1.90. The van der Waals surface area contributed by atoms with E-state index in [4.69, 9.17) is 11.6 Å². The monoisotopic (exact) mass is 428 g/mol. The summed E-state index contributed by atoms with van der Waals surface area (Å²) in [5, 5.41) is 2.08. The standard InChI is InChI=1S/C19H29ClN4O3S/c1-14-10-15(2)13-24(12-14)28(26,27)16-4-5-18(20)17(11-16)19(25)21-23-8-6-22(3)7-9-23/h4-5,11,14-15H,6-10,12-13H2,1-3H3,(H,21,25)/t14-,15-/m0/s1. The topological polar surface area (TPSA) is 73.0 Å². The van der Waals surface area contributed by atoms with Gasteiger partial charge in [0.2, 0.25) is 10.0 Å². The molecule has 7 nitrogen and oxygen atoms in total. The summed E-state index contributed by atoms with van der Waals surface area (Å²) in [7, 11) is -1.63. The molecule has 1 amide bonds. The first-order chi connectivity index (χ1) is 13.2. The number of nitrogens with zero attached hydrogens (tertiary/aromatic N) is 3. The molecule has 0 saturated carbocycles. The first kappa shape index (κ1) is 21.5. The zero-order valence-corrected chi connectivity index (χ0v) is 18.3. The van der Waals surface area contributed by atoms with Crippen molar-refractivity contribution in [1.29, 1.82) is 0 Å². The number of piperazine rings is 1. The molecule has 2 saturated heterocycles. The molecule has 0 unspecified atom stereocenters. The first-order valence-corrected chi connectivity index (χ1v) is 11.5. The van der Waals surface area contributed by atoms with Gasteiger partial charge in [0.05, 0.1) is 15.5 Å². The van der Waals surface area contributed by atoms with Crippen molar-refractivity contribution in [3.8, 4) is 0 Å². The second-order valence-electron chi connectivity index (χ2n) is 8.14. The van der Waals surface area contributed by atoms with Crippen LogP contribution in [0.5, 0.6) is 0 Å². The molecular formula is C19H29ClN4O3S. The number of likely N-dealkylation sites (N-methyl/N-ethyl adjacent to an activating group) is 1. The Labute approximate surface area is 172 Å². The molecule has 0 aliphatic carbocycles. The van der Waals surface area contributed by atoms with Crippen molar-refractivity contribution in [3.05, 3.63) is 28.8 Å². The summed E-state index contributed by atoms with van der Waals surface area (Å²) in [6, 6.07) is 4.37. The van der Waals surface area contributed by atoms with E-state index >= 15 is 0 Å². The lowest BCUT2D eigenvalue weighted by molar-refractivity contribution is 0.0662. The van der Waals surface area contributed by atoms with Gasteiger partial charge in [-0.3, -0.25) is 10.2 Å². The number of carbonyl (C=O) groups is 1. The molecule has 2 aliphatic heterocycles. The fourth-order valence-electron chi connectivity index (χ4n) is 3.91. The van der Waals surface area contributed by atoms with Crippen LogP contribution in [0.3, 0.4) is 0 Å². The van der Waals surface area contributed by atoms with E-state index in [2.05, 4.69) is 24.2 Å². The van der Waals surface area contributed by atoms with E-state index in [9.17, 15) is 13.2 Å². The molecular weight excluding hydrogens is 400 g/mol. The van der Waals surface area contributed by atoms with Crippen LogP contribution in [0.25, 0.3) is 0 Å². The van der Waals surface area contributed by atoms with E-state index < -0.39 is 10.0 Å². The third kappa shape index (κ3) is 4.86. The fourth-order valence-corrected chi connectivity index (χ4v) is 5.82. The molecule has 9 heteroatoms. The number of rotatable bonds is 4. The van der Waals surface area contributed by atoms with E-state index in [-0.39, 0.29) is 21.4 Å². The number of halogens is 1. The summed E-state index contributed by atoms with van der Waals surface area (Å²) in [4.78, 5) is 15.0. The van der Waals surface area contributed by atoms with Crippen LogP contribution in [0.1, 0.15) is 30.6 Å². The lowest BCUT2D eigenvalue weighted by Gasteiger charge is -2.34. The van der Waals surface area contributed by atoms with Crippen molar-refractivity contribution in [3.63, 3.8) is 0 Å². The van der Waals surface area contributed by atoms with Gasteiger partial charge in [-0.05, 0) is 43.5 Å². The lowest BCUT2D eigenvalue weighted by Crippen LogP contribution is -2.52. The summed E-state index contributed by atoms with van der Waals surface area (Å²) in [6.07, 6.45) is 1.02. The van der Waals surface area contributed by atoms with Crippen molar-refractivity contribution in [2.75, 3.05) is 46.3 Å². The minimum absolute atomic E-state index is 0.113. The molecule has 156 valence electrons. The number of hydrogen-bond acceptors (Lipinski definition) is 5. The first-order valence-electron chi connectivity index (χ1n) is 9.71. The van der Waals surface area contributed by atoms with E-state index in [0.717, 1.165) is 19.5 Å². The van der Waals surface area contributed by atoms with Crippen molar-refractivity contribution in [2.24, 2.45) is 11.8 Å². The maximum absolute atomic E-state index is 13.1. The third-order valence-corrected chi connectivity index (χ3v) is 7.58. The normalized spacial score (nSPS) is 25.6. The number of amides is 1. The molecule has 2 aliphatic rings. The second-order valence-corrected chi connectivity index (χ2v) is 10.5. The lowest BCUT2D eigenvalue weighted by atomic mass is 9.94. The average molecular weight is 429 g/mol. The minimum atomic E-state index is -3.67. The molecule has 2 atom stereocenters. The van der Waals surface area contributed by atoms with Crippen LogP contribution in [-0.4, -0.2) is 74.9 Å². The van der Waals surface area contributed by atoms with Crippen LogP contribution in [0.4, 0.5) is 0 Å². The predicted molar refractivity (Wildman–Crippen MR) is 110 cm³/mol.